The van der Waals surface area contributed by atoms with Crippen LogP contribution in [-0.4, -0.2) is 67.2 Å². The number of rotatable bonds is 4. The molecule has 0 bridgehead atoms. The van der Waals surface area contributed by atoms with Gasteiger partial charge in [0, 0.05) is 62.3 Å². The summed E-state index contributed by atoms with van der Waals surface area (Å²) < 4.78 is 5.79. The van der Waals surface area contributed by atoms with Gasteiger partial charge in [-0.05, 0) is 55.7 Å². The average molecular weight is 418 g/mol. The Labute approximate surface area is 184 Å². The van der Waals surface area contributed by atoms with E-state index < -0.39 is 0 Å². The van der Waals surface area contributed by atoms with Crippen molar-refractivity contribution in [1.29, 1.82) is 0 Å². The highest BCUT2D eigenvalue weighted by atomic mass is 16.5. The second kappa shape index (κ2) is 8.85. The van der Waals surface area contributed by atoms with E-state index in [1.165, 1.54) is 17.7 Å². The third-order valence-electron chi connectivity index (χ3n) is 6.70. The topological polar surface area (TPSA) is 36.0 Å². The number of nitrogens with zero attached hydrogens (tertiary/aromatic N) is 3. The van der Waals surface area contributed by atoms with Gasteiger partial charge in [0.25, 0.3) is 5.91 Å². The predicted molar refractivity (Wildman–Crippen MR) is 125 cm³/mol. The Kier molecular flexibility index (Phi) is 5.79. The smallest absolute Gasteiger partial charge is 0.254 e. The second-order valence-electron chi connectivity index (χ2n) is 8.86. The van der Waals surface area contributed by atoms with Gasteiger partial charge in [-0.1, -0.05) is 30.4 Å². The molecule has 0 aliphatic carbocycles. The second-order valence-corrected chi connectivity index (χ2v) is 8.86. The van der Waals surface area contributed by atoms with Crippen LogP contribution in [0.5, 0.6) is 0 Å². The molecule has 5 rings (SSSR count). The van der Waals surface area contributed by atoms with Gasteiger partial charge < -0.3 is 14.5 Å². The molecule has 0 aromatic heterocycles. The van der Waals surface area contributed by atoms with Gasteiger partial charge in [-0.15, -0.1) is 0 Å². The number of fused-ring (bicyclic) bond motifs is 1. The summed E-state index contributed by atoms with van der Waals surface area (Å²) in [5.74, 6) is 0.134. The highest BCUT2D eigenvalue weighted by molar-refractivity contribution is 5.95. The zero-order chi connectivity index (χ0) is 21.2. The summed E-state index contributed by atoms with van der Waals surface area (Å²) in [6.07, 6.45) is 7.06. The van der Waals surface area contributed by atoms with Crippen LogP contribution >= 0.6 is 0 Å². The molecule has 2 fully saturated rings. The first-order chi connectivity index (χ1) is 15.2. The van der Waals surface area contributed by atoms with Crippen LogP contribution in [0.1, 0.15) is 35.7 Å². The first-order valence-electron chi connectivity index (χ1n) is 11.5. The summed E-state index contributed by atoms with van der Waals surface area (Å²) in [6, 6.07) is 16.7. The number of piperazine rings is 1. The fourth-order valence-electron chi connectivity index (χ4n) is 5.03. The van der Waals surface area contributed by atoms with E-state index in [2.05, 4.69) is 65.3 Å². The predicted octanol–water partition coefficient (Wildman–Crippen LogP) is 4.18. The highest BCUT2D eigenvalue weighted by Gasteiger charge is 2.30. The minimum atomic E-state index is 0.134. The van der Waals surface area contributed by atoms with Gasteiger partial charge in [0.1, 0.15) is 0 Å². The molecular weight excluding hydrogens is 386 g/mol. The van der Waals surface area contributed by atoms with E-state index in [0.717, 1.165) is 57.0 Å². The van der Waals surface area contributed by atoms with Crippen LogP contribution in [0.3, 0.4) is 0 Å². The summed E-state index contributed by atoms with van der Waals surface area (Å²) in [7, 11) is 0. The fourth-order valence-corrected chi connectivity index (χ4v) is 5.03. The van der Waals surface area contributed by atoms with Crippen LogP contribution < -0.4 is 4.90 Å². The van der Waals surface area contributed by atoms with Gasteiger partial charge in [0.2, 0.25) is 0 Å². The Morgan fingerprint density at radius 3 is 2.71 bits per heavy atom. The molecule has 31 heavy (non-hydrogen) atoms. The van der Waals surface area contributed by atoms with Gasteiger partial charge in [-0.2, -0.15) is 0 Å². The van der Waals surface area contributed by atoms with Crippen LogP contribution in [0.4, 0.5) is 11.4 Å². The molecule has 3 heterocycles. The fraction of sp³-hybridized carbons (Fsp3) is 0.423. The normalized spacial score (nSPS) is 23.8. The zero-order valence-corrected chi connectivity index (χ0v) is 18.2. The number of carbonyl (C=O) groups is 1. The van der Waals surface area contributed by atoms with Crippen LogP contribution in [0.15, 0.2) is 54.6 Å². The number of amides is 1. The summed E-state index contributed by atoms with van der Waals surface area (Å²) in [5.41, 5.74) is 4.32. The molecular formula is C26H31N3O2. The Balaban J connectivity index is 1.24. The maximum absolute atomic E-state index is 13.2. The van der Waals surface area contributed by atoms with Crippen molar-refractivity contribution in [3.8, 4) is 0 Å². The van der Waals surface area contributed by atoms with Crippen molar-refractivity contribution in [2.75, 3.05) is 44.2 Å². The van der Waals surface area contributed by atoms with E-state index in [4.69, 9.17) is 4.74 Å². The number of ether oxygens (including phenoxy) is 1. The van der Waals surface area contributed by atoms with Crippen LogP contribution in [0, 0.1) is 0 Å². The molecule has 162 valence electrons. The molecule has 3 aliphatic rings. The first kappa shape index (κ1) is 20.3. The third kappa shape index (κ3) is 4.25. The molecule has 0 radical (unpaired) electrons. The van der Waals surface area contributed by atoms with E-state index in [1.54, 1.807) is 0 Å². The van der Waals surface area contributed by atoms with Crippen molar-refractivity contribution < 1.29 is 9.53 Å². The van der Waals surface area contributed by atoms with Crippen molar-refractivity contribution in [2.45, 2.75) is 31.9 Å². The Hall–Kier alpha value is -2.63. The number of carbonyl (C=O) groups excluding carboxylic acids is 1. The van der Waals surface area contributed by atoms with Crippen molar-refractivity contribution in [2.24, 2.45) is 0 Å². The largest absolute Gasteiger partial charge is 0.377 e. The van der Waals surface area contributed by atoms with E-state index in [9.17, 15) is 4.79 Å². The highest BCUT2D eigenvalue weighted by Crippen LogP contribution is 2.32. The quantitative estimate of drug-likeness (QED) is 0.748. The van der Waals surface area contributed by atoms with Gasteiger partial charge in [-0.3, -0.25) is 9.69 Å². The molecule has 2 atom stereocenters. The van der Waals surface area contributed by atoms with Crippen molar-refractivity contribution in [3.05, 3.63) is 65.7 Å². The van der Waals surface area contributed by atoms with Crippen LogP contribution in [0.25, 0.3) is 6.08 Å². The standard InChI is InChI=1S/C26H31N3O2/c1-20-18-27(19-24-8-5-17-31-24)15-16-28(20)26(30)22-10-12-23(13-11-22)29-14-4-7-21-6-2-3-9-25(21)29/h2-4,6-7,9-13,20,24H,5,8,14-19H2,1H3/t20-,24?/m1/s1. The van der Waals surface area contributed by atoms with E-state index in [0.29, 0.717) is 6.10 Å². The average Bonchev–Trinajstić information content (AvgIpc) is 3.32. The molecule has 1 unspecified atom stereocenters. The molecule has 3 aliphatic heterocycles. The lowest BCUT2D eigenvalue weighted by molar-refractivity contribution is 0.0279. The summed E-state index contributed by atoms with van der Waals surface area (Å²) in [5, 5.41) is 0. The minimum Gasteiger partial charge on any atom is -0.377 e. The van der Waals surface area contributed by atoms with E-state index in [-0.39, 0.29) is 11.9 Å². The summed E-state index contributed by atoms with van der Waals surface area (Å²) in [6.45, 7) is 7.50. The number of anilines is 2. The van der Waals surface area contributed by atoms with Gasteiger partial charge in [0.15, 0.2) is 0 Å². The molecule has 5 nitrogen and oxygen atoms in total. The Bertz CT molecular complexity index is 949. The molecule has 0 spiro atoms. The molecule has 2 aromatic carbocycles. The summed E-state index contributed by atoms with van der Waals surface area (Å²) in [4.78, 5) is 20.0. The lowest BCUT2D eigenvalue weighted by atomic mass is 10.1. The minimum absolute atomic E-state index is 0.134. The molecule has 0 N–H and O–H groups in total. The summed E-state index contributed by atoms with van der Waals surface area (Å²) >= 11 is 0. The van der Waals surface area contributed by atoms with Crippen molar-refractivity contribution in [1.82, 2.24) is 9.80 Å². The molecule has 2 aromatic rings. The third-order valence-corrected chi connectivity index (χ3v) is 6.70. The van der Waals surface area contributed by atoms with Crippen LogP contribution in [-0.2, 0) is 4.74 Å². The SMILES string of the molecule is C[C@@H]1CN(CC2CCCO2)CCN1C(=O)c1ccc(N2CC=Cc3ccccc32)cc1. The Morgan fingerprint density at radius 1 is 1.10 bits per heavy atom. The molecule has 0 saturated carbocycles. The zero-order valence-electron chi connectivity index (χ0n) is 18.2. The van der Waals surface area contributed by atoms with Gasteiger partial charge >= 0.3 is 0 Å². The lowest BCUT2D eigenvalue weighted by Crippen LogP contribution is -2.55. The van der Waals surface area contributed by atoms with E-state index >= 15 is 0 Å². The van der Waals surface area contributed by atoms with Crippen LogP contribution in [0.2, 0.25) is 0 Å². The Morgan fingerprint density at radius 2 is 1.94 bits per heavy atom. The molecule has 5 heteroatoms. The number of hydrogen-bond acceptors (Lipinski definition) is 4. The molecule has 2 saturated heterocycles. The van der Waals surface area contributed by atoms with Gasteiger partial charge in [0.05, 0.1) is 6.10 Å². The van der Waals surface area contributed by atoms with Crippen molar-refractivity contribution in [3.63, 3.8) is 0 Å². The number of para-hydroxylation sites is 1. The first-order valence-corrected chi connectivity index (χ1v) is 11.5. The number of benzene rings is 2. The monoisotopic (exact) mass is 417 g/mol. The van der Waals surface area contributed by atoms with E-state index in [1.807, 2.05) is 17.0 Å². The van der Waals surface area contributed by atoms with Gasteiger partial charge in [-0.25, -0.2) is 0 Å². The van der Waals surface area contributed by atoms with Crippen molar-refractivity contribution >= 4 is 23.4 Å². The lowest BCUT2D eigenvalue weighted by Gasteiger charge is -2.40. The maximum Gasteiger partial charge on any atom is 0.254 e. The maximum atomic E-state index is 13.2. The number of hydrogen-bond donors (Lipinski definition) is 0. The molecule has 1 amide bonds.